The molecule has 0 aromatic carbocycles. The highest BCUT2D eigenvalue weighted by Crippen LogP contribution is 2.76. The SMILES string of the molecule is CC1CCC2(C)CCC3(C)C(CCC4C5(C)CCC(=O)C(C)(C)C5CCC43C)C2C1C. The van der Waals surface area contributed by atoms with Crippen molar-refractivity contribution in [3.63, 3.8) is 0 Å². The van der Waals surface area contributed by atoms with Crippen molar-refractivity contribution in [3.05, 3.63) is 0 Å². The van der Waals surface area contributed by atoms with Gasteiger partial charge in [-0.2, -0.15) is 0 Å². The molecule has 5 saturated carbocycles. The van der Waals surface area contributed by atoms with Crippen molar-refractivity contribution in [1.29, 1.82) is 0 Å². The molecule has 5 fully saturated rings. The zero-order valence-corrected chi connectivity index (χ0v) is 21.9. The van der Waals surface area contributed by atoms with E-state index in [9.17, 15) is 4.79 Å². The molecular weight excluding hydrogens is 376 g/mol. The molecule has 0 saturated heterocycles. The molecule has 1 heteroatoms. The first kappa shape index (κ1) is 22.5. The van der Waals surface area contributed by atoms with Crippen molar-refractivity contribution >= 4 is 5.78 Å². The van der Waals surface area contributed by atoms with Crippen LogP contribution in [-0.2, 0) is 4.79 Å². The fraction of sp³-hybridized carbons (Fsp3) is 0.967. The van der Waals surface area contributed by atoms with Crippen LogP contribution >= 0.6 is 0 Å². The molecule has 0 radical (unpaired) electrons. The minimum absolute atomic E-state index is 0.120. The summed E-state index contributed by atoms with van der Waals surface area (Å²) in [6, 6.07) is 0. The molecule has 31 heavy (non-hydrogen) atoms. The molecule has 0 heterocycles. The molecule has 0 aliphatic heterocycles. The zero-order valence-electron chi connectivity index (χ0n) is 21.9. The Balaban J connectivity index is 1.54. The summed E-state index contributed by atoms with van der Waals surface area (Å²) in [4.78, 5) is 12.9. The highest BCUT2D eigenvalue weighted by molar-refractivity contribution is 5.85. The van der Waals surface area contributed by atoms with E-state index in [1.165, 1.54) is 51.4 Å². The Kier molecular flexibility index (Phi) is 4.80. The quantitative estimate of drug-likeness (QED) is 0.380. The van der Waals surface area contributed by atoms with Gasteiger partial charge < -0.3 is 0 Å². The van der Waals surface area contributed by atoms with Gasteiger partial charge >= 0.3 is 0 Å². The summed E-state index contributed by atoms with van der Waals surface area (Å²) >= 11 is 0. The van der Waals surface area contributed by atoms with Crippen LogP contribution in [-0.4, -0.2) is 5.78 Å². The summed E-state index contributed by atoms with van der Waals surface area (Å²) in [5.41, 5.74) is 1.74. The second-order valence-electron chi connectivity index (χ2n) is 14.9. The van der Waals surface area contributed by atoms with Gasteiger partial charge in [0, 0.05) is 11.8 Å². The van der Waals surface area contributed by atoms with Crippen molar-refractivity contribution in [1.82, 2.24) is 0 Å². The maximum atomic E-state index is 12.9. The number of fused-ring (bicyclic) bond motifs is 7. The first-order chi connectivity index (χ1) is 14.3. The number of rotatable bonds is 0. The fourth-order valence-electron chi connectivity index (χ4n) is 11.5. The molecule has 0 aromatic heterocycles. The minimum atomic E-state index is -0.120. The number of ketones is 1. The maximum absolute atomic E-state index is 12.9. The summed E-state index contributed by atoms with van der Waals surface area (Å²) in [6.07, 6.45) is 13.3. The van der Waals surface area contributed by atoms with Crippen LogP contribution in [0.4, 0.5) is 0 Å². The molecule has 5 aliphatic rings. The predicted molar refractivity (Wildman–Crippen MR) is 130 cm³/mol. The van der Waals surface area contributed by atoms with Crippen LogP contribution in [0.15, 0.2) is 0 Å². The Hall–Kier alpha value is -0.330. The van der Waals surface area contributed by atoms with Crippen molar-refractivity contribution in [2.24, 2.45) is 62.6 Å². The average Bonchev–Trinajstić information content (AvgIpc) is 2.69. The largest absolute Gasteiger partial charge is 0.299 e. The van der Waals surface area contributed by atoms with E-state index in [1.807, 2.05) is 0 Å². The first-order valence-corrected chi connectivity index (χ1v) is 13.8. The first-order valence-electron chi connectivity index (χ1n) is 13.8. The van der Waals surface area contributed by atoms with Gasteiger partial charge in [-0.15, -0.1) is 0 Å². The molecule has 176 valence electrons. The second-order valence-corrected chi connectivity index (χ2v) is 14.9. The third-order valence-electron chi connectivity index (χ3n) is 13.8. The summed E-state index contributed by atoms with van der Waals surface area (Å²) in [7, 11) is 0. The highest BCUT2D eigenvalue weighted by atomic mass is 16.1. The van der Waals surface area contributed by atoms with E-state index in [-0.39, 0.29) is 5.41 Å². The Morgan fingerprint density at radius 1 is 0.710 bits per heavy atom. The fourth-order valence-corrected chi connectivity index (χ4v) is 11.5. The minimum Gasteiger partial charge on any atom is -0.299 e. The van der Waals surface area contributed by atoms with E-state index in [2.05, 4.69) is 55.4 Å². The molecule has 0 aromatic rings. The van der Waals surface area contributed by atoms with E-state index < -0.39 is 0 Å². The van der Waals surface area contributed by atoms with E-state index in [0.717, 1.165) is 42.4 Å². The summed E-state index contributed by atoms with van der Waals surface area (Å²) in [5.74, 6) is 5.52. The highest BCUT2D eigenvalue weighted by Gasteiger charge is 2.69. The maximum Gasteiger partial charge on any atom is 0.138 e. The standard InChI is InChI=1S/C30H50O/c1-19-11-14-27(5)17-18-29(7)21(25(27)20(19)2)9-10-23-28(6)15-13-24(31)26(3,4)22(28)12-16-30(23,29)8/h19-23,25H,9-18H2,1-8H3. The van der Waals surface area contributed by atoms with Crippen LogP contribution in [0, 0.1) is 62.6 Å². The Bertz CT molecular complexity index is 766. The number of hydrogen-bond acceptors (Lipinski definition) is 1. The van der Waals surface area contributed by atoms with Crippen molar-refractivity contribution in [2.45, 2.75) is 120 Å². The molecule has 0 spiro atoms. The summed E-state index contributed by atoms with van der Waals surface area (Å²) in [6.45, 7) is 20.5. The van der Waals surface area contributed by atoms with E-state index in [1.54, 1.807) is 0 Å². The molecule has 5 rings (SSSR count). The number of hydrogen-bond donors (Lipinski definition) is 0. The monoisotopic (exact) mass is 426 g/mol. The normalized spacial score (nSPS) is 58.5. The zero-order chi connectivity index (χ0) is 22.6. The van der Waals surface area contributed by atoms with Crippen LogP contribution in [0.2, 0.25) is 0 Å². The summed E-state index contributed by atoms with van der Waals surface area (Å²) in [5, 5.41) is 0. The third kappa shape index (κ3) is 2.65. The summed E-state index contributed by atoms with van der Waals surface area (Å²) < 4.78 is 0. The lowest BCUT2D eigenvalue weighted by Crippen LogP contribution is -2.67. The van der Waals surface area contributed by atoms with E-state index in [4.69, 9.17) is 0 Å². The van der Waals surface area contributed by atoms with Crippen molar-refractivity contribution in [2.75, 3.05) is 0 Å². The lowest BCUT2D eigenvalue weighted by Gasteiger charge is -2.73. The lowest BCUT2D eigenvalue weighted by atomic mass is 9.31. The van der Waals surface area contributed by atoms with Crippen molar-refractivity contribution in [3.8, 4) is 0 Å². The molecule has 0 bridgehead atoms. The van der Waals surface area contributed by atoms with Crippen molar-refractivity contribution < 1.29 is 4.79 Å². The molecule has 10 atom stereocenters. The lowest BCUT2D eigenvalue weighted by molar-refractivity contribution is -0.244. The Morgan fingerprint density at radius 2 is 1.42 bits per heavy atom. The number of carbonyl (C=O) groups excluding carboxylic acids is 1. The van der Waals surface area contributed by atoms with Crippen LogP contribution in [0.25, 0.3) is 0 Å². The van der Waals surface area contributed by atoms with Gasteiger partial charge in [0.25, 0.3) is 0 Å². The van der Waals surface area contributed by atoms with E-state index >= 15 is 0 Å². The molecule has 5 aliphatic carbocycles. The number of Topliss-reactive ketones (excluding diaryl/α,β-unsaturated/α-hetero) is 1. The number of carbonyl (C=O) groups is 1. The third-order valence-corrected chi connectivity index (χ3v) is 13.8. The molecule has 1 nitrogen and oxygen atoms in total. The van der Waals surface area contributed by atoms with Gasteiger partial charge in [0.1, 0.15) is 5.78 Å². The van der Waals surface area contributed by atoms with Gasteiger partial charge in [0.05, 0.1) is 0 Å². The van der Waals surface area contributed by atoms with E-state index in [0.29, 0.717) is 33.4 Å². The van der Waals surface area contributed by atoms with Gasteiger partial charge in [-0.05, 0) is 115 Å². The van der Waals surface area contributed by atoms with Gasteiger partial charge in [-0.3, -0.25) is 4.79 Å². The molecule has 10 unspecified atom stereocenters. The van der Waals surface area contributed by atoms with Gasteiger partial charge in [0.15, 0.2) is 0 Å². The molecule has 0 N–H and O–H groups in total. The topological polar surface area (TPSA) is 17.1 Å². The second kappa shape index (κ2) is 6.63. The molecule has 0 amide bonds. The Morgan fingerprint density at radius 3 is 2.13 bits per heavy atom. The van der Waals surface area contributed by atoms with Gasteiger partial charge in [-0.25, -0.2) is 0 Å². The predicted octanol–water partition coefficient (Wildman–Crippen LogP) is 8.31. The van der Waals surface area contributed by atoms with Crippen LogP contribution in [0.5, 0.6) is 0 Å². The molecular formula is C30H50O. The van der Waals surface area contributed by atoms with Gasteiger partial charge in [-0.1, -0.05) is 55.4 Å². The smallest absolute Gasteiger partial charge is 0.138 e. The Labute approximate surface area is 192 Å². The van der Waals surface area contributed by atoms with Crippen LogP contribution < -0.4 is 0 Å². The average molecular weight is 427 g/mol. The van der Waals surface area contributed by atoms with Crippen LogP contribution in [0.1, 0.15) is 120 Å². The van der Waals surface area contributed by atoms with Gasteiger partial charge in [0.2, 0.25) is 0 Å². The van der Waals surface area contributed by atoms with Crippen LogP contribution in [0.3, 0.4) is 0 Å².